The fourth-order valence-corrected chi connectivity index (χ4v) is 7.08. The molecule has 42 heavy (non-hydrogen) atoms. The average Bonchev–Trinajstić information content (AvgIpc) is 3.29. The Hall–Kier alpha value is -5.23. The molecule has 4 atom stereocenters. The zero-order chi connectivity index (χ0) is 28.5. The molecule has 5 aromatic rings. The standard InChI is InChI=1S/C36H25NO5/c1-41-23-16-13-22(14-17-23)27-19-28-26-18-15-21-8-3-5-11-25(21)33(26)42-36(40)31(28)32-30(27)34(38)37(35(32)39)29-12-6-9-20-7-2-4-10-24(20)29/h2-19,27,30-32H,1H3/t27-,30+,31-,32+/m0/s1. The molecular weight excluding hydrogens is 526 g/mol. The van der Waals surface area contributed by atoms with Crippen LogP contribution in [0.3, 0.4) is 0 Å². The summed E-state index contributed by atoms with van der Waals surface area (Å²) in [5.74, 6) is -3.01. The van der Waals surface area contributed by atoms with Gasteiger partial charge >= 0.3 is 5.97 Å². The Morgan fingerprint density at radius 2 is 1.36 bits per heavy atom. The summed E-state index contributed by atoms with van der Waals surface area (Å²) in [6.45, 7) is 0. The molecule has 204 valence electrons. The zero-order valence-corrected chi connectivity index (χ0v) is 22.7. The predicted octanol–water partition coefficient (Wildman–Crippen LogP) is 6.52. The molecule has 0 spiro atoms. The van der Waals surface area contributed by atoms with E-state index in [1.165, 1.54) is 4.90 Å². The number of benzene rings is 5. The first kappa shape index (κ1) is 24.6. The molecule has 8 rings (SSSR count). The number of carbonyl (C=O) groups is 3. The van der Waals surface area contributed by atoms with E-state index in [2.05, 4.69) is 0 Å². The van der Waals surface area contributed by atoms with Crippen molar-refractivity contribution in [3.8, 4) is 11.5 Å². The summed E-state index contributed by atoms with van der Waals surface area (Å²) in [6, 6.07) is 32.6. The van der Waals surface area contributed by atoms with Crippen molar-refractivity contribution in [3.63, 3.8) is 0 Å². The van der Waals surface area contributed by atoms with Gasteiger partial charge in [0.15, 0.2) is 0 Å². The minimum absolute atomic E-state index is 0.311. The van der Waals surface area contributed by atoms with Crippen molar-refractivity contribution in [2.45, 2.75) is 5.92 Å². The van der Waals surface area contributed by atoms with Crippen LogP contribution in [0.15, 0.2) is 109 Å². The SMILES string of the molecule is COc1ccc([C@@H]2C=C3c4ccc5ccccc5c4OC(=O)[C@@H]3[C@@H]3C(=O)N(c4cccc5ccccc45)C(=O)[C@@H]32)cc1. The van der Waals surface area contributed by atoms with E-state index in [9.17, 15) is 14.4 Å². The highest BCUT2D eigenvalue weighted by Crippen LogP contribution is 2.56. The van der Waals surface area contributed by atoms with Crippen molar-refractivity contribution < 1.29 is 23.9 Å². The molecule has 2 amide bonds. The van der Waals surface area contributed by atoms with Crippen molar-refractivity contribution in [2.75, 3.05) is 12.0 Å². The van der Waals surface area contributed by atoms with Crippen LogP contribution in [0.2, 0.25) is 0 Å². The van der Waals surface area contributed by atoms with Crippen LogP contribution >= 0.6 is 0 Å². The van der Waals surface area contributed by atoms with Crippen molar-refractivity contribution in [2.24, 2.45) is 17.8 Å². The third-order valence-electron chi connectivity index (χ3n) is 8.99. The number of imide groups is 1. The third-order valence-corrected chi connectivity index (χ3v) is 8.99. The number of hydrogen-bond acceptors (Lipinski definition) is 5. The number of methoxy groups -OCH3 is 1. The molecule has 1 saturated heterocycles. The molecule has 0 bridgehead atoms. The topological polar surface area (TPSA) is 72.9 Å². The lowest BCUT2D eigenvalue weighted by Gasteiger charge is -2.38. The van der Waals surface area contributed by atoms with Crippen LogP contribution in [0.25, 0.3) is 27.1 Å². The van der Waals surface area contributed by atoms with Crippen LogP contribution in [-0.4, -0.2) is 24.9 Å². The molecule has 5 aromatic carbocycles. The average molecular weight is 552 g/mol. The minimum atomic E-state index is -0.907. The van der Waals surface area contributed by atoms with E-state index < -0.39 is 29.6 Å². The largest absolute Gasteiger partial charge is 0.497 e. The Bertz CT molecular complexity index is 1990. The lowest BCUT2D eigenvalue weighted by Crippen LogP contribution is -2.42. The van der Waals surface area contributed by atoms with Crippen LogP contribution in [0.4, 0.5) is 5.69 Å². The predicted molar refractivity (Wildman–Crippen MR) is 160 cm³/mol. The first-order valence-electron chi connectivity index (χ1n) is 14.0. The van der Waals surface area contributed by atoms with E-state index in [1.54, 1.807) is 13.2 Å². The van der Waals surface area contributed by atoms with Crippen LogP contribution in [0.1, 0.15) is 17.0 Å². The van der Waals surface area contributed by atoms with Crippen LogP contribution < -0.4 is 14.4 Å². The second-order valence-corrected chi connectivity index (χ2v) is 11.0. The summed E-state index contributed by atoms with van der Waals surface area (Å²) in [5, 5.41) is 3.52. The van der Waals surface area contributed by atoms with Gasteiger partial charge < -0.3 is 9.47 Å². The van der Waals surface area contributed by atoms with E-state index in [4.69, 9.17) is 9.47 Å². The third kappa shape index (κ3) is 3.41. The molecule has 6 nitrogen and oxygen atoms in total. The van der Waals surface area contributed by atoms with Gasteiger partial charge in [0, 0.05) is 22.3 Å². The normalized spacial score (nSPS) is 22.8. The summed E-state index contributed by atoms with van der Waals surface area (Å²) in [4.78, 5) is 44.0. The fourth-order valence-electron chi connectivity index (χ4n) is 7.08. The molecule has 3 aliphatic rings. The van der Waals surface area contributed by atoms with Gasteiger partial charge in [0.1, 0.15) is 11.5 Å². The number of carbonyl (C=O) groups excluding carboxylic acids is 3. The first-order valence-corrected chi connectivity index (χ1v) is 14.0. The number of nitrogens with zero attached hydrogens (tertiary/aromatic N) is 1. The van der Waals surface area contributed by atoms with Gasteiger partial charge in [-0.25, -0.2) is 4.90 Å². The molecule has 0 aromatic heterocycles. The van der Waals surface area contributed by atoms with Gasteiger partial charge in [-0.15, -0.1) is 0 Å². The number of anilines is 1. The Balaban J connectivity index is 1.34. The molecule has 0 radical (unpaired) electrons. The maximum Gasteiger partial charge on any atom is 0.319 e. The number of fused-ring (bicyclic) bond motifs is 8. The van der Waals surface area contributed by atoms with Gasteiger partial charge in [-0.3, -0.25) is 14.4 Å². The Morgan fingerprint density at radius 1 is 0.690 bits per heavy atom. The van der Waals surface area contributed by atoms with Crippen molar-refractivity contribution in [1.82, 2.24) is 0 Å². The lowest BCUT2D eigenvalue weighted by atomic mass is 9.64. The molecule has 6 heteroatoms. The van der Waals surface area contributed by atoms with Gasteiger partial charge in [-0.2, -0.15) is 0 Å². The molecular formula is C36H25NO5. The monoisotopic (exact) mass is 551 g/mol. The molecule has 2 heterocycles. The van der Waals surface area contributed by atoms with Gasteiger partial charge in [-0.05, 0) is 40.1 Å². The van der Waals surface area contributed by atoms with E-state index >= 15 is 0 Å². The Labute approximate surface area is 241 Å². The van der Waals surface area contributed by atoms with Gasteiger partial charge in [0.05, 0.1) is 30.6 Å². The number of ether oxygens (including phenoxy) is 2. The first-order chi connectivity index (χ1) is 20.5. The molecule has 1 fully saturated rings. The van der Waals surface area contributed by atoms with Crippen LogP contribution in [-0.2, 0) is 14.4 Å². The smallest absolute Gasteiger partial charge is 0.319 e. The van der Waals surface area contributed by atoms with E-state index in [0.29, 0.717) is 17.2 Å². The van der Waals surface area contributed by atoms with Crippen molar-refractivity contribution in [3.05, 3.63) is 120 Å². The highest BCUT2D eigenvalue weighted by Gasteiger charge is 2.60. The minimum Gasteiger partial charge on any atom is -0.497 e. The highest BCUT2D eigenvalue weighted by atomic mass is 16.5. The molecule has 0 N–H and O–H groups in total. The van der Waals surface area contributed by atoms with E-state index in [1.807, 2.05) is 103 Å². The number of hydrogen-bond donors (Lipinski definition) is 0. The van der Waals surface area contributed by atoms with Crippen LogP contribution in [0.5, 0.6) is 11.5 Å². The molecule has 0 unspecified atom stereocenters. The summed E-state index contributed by atoms with van der Waals surface area (Å²) < 4.78 is 11.4. The second-order valence-electron chi connectivity index (χ2n) is 11.0. The van der Waals surface area contributed by atoms with Crippen molar-refractivity contribution >= 4 is 50.6 Å². The summed E-state index contributed by atoms with van der Waals surface area (Å²) in [7, 11) is 1.61. The Morgan fingerprint density at radius 3 is 2.12 bits per heavy atom. The van der Waals surface area contributed by atoms with Gasteiger partial charge in [0.25, 0.3) is 0 Å². The number of esters is 1. The fraction of sp³-hybridized carbons (Fsp3) is 0.139. The van der Waals surface area contributed by atoms with E-state index in [0.717, 1.165) is 38.2 Å². The van der Waals surface area contributed by atoms with Crippen molar-refractivity contribution in [1.29, 1.82) is 0 Å². The zero-order valence-electron chi connectivity index (χ0n) is 22.7. The Kier molecular flexibility index (Phi) is 5.35. The number of allylic oxidation sites excluding steroid dienone is 1. The molecule has 2 aliphatic heterocycles. The molecule has 1 aliphatic carbocycles. The number of rotatable bonds is 3. The summed E-state index contributed by atoms with van der Waals surface area (Å²) in [6.07, 6.45) is 2.01. The molecule has 0 saturated carbocycles. The maximum absolute atomic E-state index is 14.4. The summed E-state index contributed by atoms with van der Waals surface area (Å²) in [5.41, 5.74) is 2.91. The second kappa shape index (κ2) is 9.14. The lowest BCUT2D eigenvalue weighted by molar-refractivity contribution is -0.142. The van der Waals surface area contributed by atoms with E-state index in [-0.39, 0.29) is 11.8 Å². The van der Waals surface area contributed by atoms with Gasteiger partial charge in [0.2, 0.25) is 11.8 Å². The maximum atomic E-state index is 14.4. The summed E-state index contributed by atoms with van der Waals surface area (Å²) >= 11 is 0. The number of amides is 2. The quantitative estimate of drug-likeness (QED) is 0.145. The van der Waals surface area contributed by atoms with Gasteiger partial charge in [-0.1, -0.05) is 91.0 Å². The van der Waals surface area contributed by atoms with Crippen LogP contribution in [0, 0.1) is 17.8 Å². The highest BCUT2D eigenvalue weighted by molar-refractivity contribution is 6.27.